The number of aliphatic hydroxyl groups excluding tert-OH is 2. The van der Waals surface area contributed by atoms with E-state index in [0.29, 0.717) is 11.8 Å². The van der Waals surface area contributed by atoms with Gasteiger partial charge in [-0.05, 0) is 6.26 Å². The third-order valence-electron chi connectivity index (χ3n) is 2.25. The van der Waals surface area contributed by atoms with Crippen LogP contribution in [0.25, 0.3) is 0 Å². The smallest absolute Gasteiger partial charge is 0.383 e. The lowest BCUT2D eigenvalue weighted by Crippen LogP contribution is -2.70. The molecule has 11 heteroatoms. The maximum Gasteiger partial charge on any atom is 0.487 e. The van der Waals surface area contributed by atoms with Crippen LogP contribution < -0.4 is 0 Å². The minimum atomic E-state index is -4.27. The Bertz CT molecular complexity index is 402. The first kappa shape index (κ1) is 13.4. The van der Waals surface area contributed by atoms with Gasteiger partial charge in [-0.25, -0.2) is 18.1 Å². The summed E-state index contributed by atoms with van der Waals surface area (Å²) >= 11 is 0.701. The molecule has 0 saturated carbocycles. The number of carbonyl (C=O) groups excluding carboxylic acids is 1. The highest BCUT2D eigenvalue weighted by molar-refractivity contribution is 7.99. The first-order chi connectivity index (χ1) is 7.67. The number of hydrogen-bond donors (Lipinski definition) is 4. The van der Waals surface area contributed by atoms with Crippen LogP contribution in [-0.4, -0.2) is 55.8 Å². The third kappa shape index (κ3) is 1.77. The lowest BCUT2D eigenvalue weighted by Gasteiger charge is -2.50. The van der Waals surface area contributed by atoms with Gasteiger partial charge in [-0.1, -0.05) is 0 Å². The van der Waals surface area contributed by atoms with Gasteiger partial charge in [0.1, 0.15) is 5.44 Å². The van der Waals surface area contributed by atoms with Crippen molar-refractivity contribution in [2.24, 2.45) is 0 Å². The van der Waals surface area contributed by atoms with Crippen LogP contribution in [0.1, 0.15) is 0 Å². The number of ketones is 1. The van der Waals surface area contributed by atoms with Crippen LogP contribution >= 0.6 is 19.6 Å². The molecule has 3 fully saturated rings. The quantitative estimate of drug-likeness (QED) is 0.344. The lowest BCUT2D eigenvalue weighted by molar-refractivity contribution is -0.378. The van der Waals surface area contributed by atoms with E-state index in [2.05, 4.69) is 13.6 Å². The number of aliphatic hydroxyl groups is 4. The Hall–Kier alpha value is -0.0300. The molecule has 3 heterocycles. The molecule has 3 aliphatic heterocycles. The van der Waals surface area contributed by atoms with Gasteiger partial charge in [-0.2, -0.15) is 0 Å². The lowest BCUT2D eigenvalue weighted by atomic mass is 10.0. The molecule has 17 heavy (non-hydrogen) atoms. The molecule has 3 aliphatic rings. The van der Waals surface area contributed by atoms with Crippen LogP contribution in [0.3, 0.4) is 0 Å². The van der Waals surface area contributed by atoms with Crippen molar-refractivity contribution in [2.75, 3.05) is 6.26 Å². The molecule has 3 atom stereocenters. The second-order valence-electron chi connectivity index (χ2n) is 3.40. The maximum atomic E-state index is 11.5. The molecule has 0 aromatic carbocycles. The number of fused-ring (bicyclic) bond motifs is 2. The van der Waals surface area contributed by atoms with E-state index in [1.54, 1.807) is 0 Å². The van der Waals surface area contributed by atoms with Gasteiger partial charge in [0, 0.05) is 0 Å². The SMILES string of the molecule is CSC(O)C(O)C1(O)OP2(=O)OC(O)(O2)C1=O. The van der Waals surface area contributed by atoms with E-state index in [1.165, 1.54) is 6.26 Å². The number of phosphoric ester groups is 1. The Morgan fingerprint density at radius 1 is 1.29 bits per heavy atom. The Balaban J connectivity index is 2.32. The zero-order valence-corrected chi connectivity index (χ0v) is 10.1. The molecule has 0 radical (unpaired) electrons. The van der Waals surface area contributed by atoms with Crippen molar-refractivity contribution in [3.8, 4) is 0 Å². The molecule has 3 unspecified atom stereocenters. The van der Waals surface area contributed by atoms with E-state index >= 15 is 0 Å². The number of thioether (sulfide) groups is 1. The van der Waals surface area contributed by atoms with Crippen LogP contribution in [0.4, 0.5) is 0 Å². The van der Waals surface area contributed by atoms with E-state index in [-0.39, 0.29) is 0 Å². The molecule has 0 aromatic rings. The van der Waals surface area contributed by atoms with Gasteiger partial charge >= 0.3 is 13.8 Å². The first-order valence-corrected chi connectivity index (χ1v) is 7.02. The molecule has 3 saturated heterocycles. The van der Waals surface area contributed by atoms with E-state index in [1.807, 2.05) is 0 Å². The summed E-state index contributed by atoms with van der Waals surface area (Å²) in [5.41, 5.74) is -1.60. The second kappa shape index (κ2) is 3.73. The van der Waals surface area contributed by atoms with Crippen molar-refractivity contribution in [3.63, 3.8) is 0 Å². The van der Waals surface area contributed by atoms with Gasteiger partial charge in [0.15, 0.2) is 6.10 Å². The largest absolute Gasteiger partial charge is 0.487 e. The molecule has 3 rings (SSSR count). The van der Waals surface area contributed by atoms with Crippen molar-refractivity contribution in [2.45, 2.75) is 23.3 Å². The van der Waals surface area contributed by atoms with Gasteiger partial charge in [0.2, 0.25) is 0 Å². The number of Topliss-reactive ketones (excluding diaryl/α,β-unsaturated/α-hetero) is 1. The fourth-order valence-corrected chi connectivity index (χ4v) is 3.21. The topological polar surface area (TPSA) is 143 Å². The standard InChI is InChI=1S/C6H9O9PS/c1-17-3(8)2(7)5(10)4(9)6(11)14-16(12,13-5)15-6/h2-3,7-8,10-11H,1H3. The van der Waals surface area contributed by atoms with Crippen LogP contribution in [0, 0.1) is 0 Å². The van der Waals surface area contributed by atoms with Gasteiger partial charge in [0.05, 0.1) is 0 Å². The Kier molecular flexibility index (Phi) is 2.94. The fraction of sp³-hybridized carbons (Fsp3) is 0.833. The van der Waals surface area contributed by atoms with Crippen LogP contribution in [0.15, 0.2) is 0 Å². The normalized spacial score (nSPS) is 48.4. The molecule has 0 spiro atoms. The van der Waals surface area contributed by atoms with Gasteiger partial charge in [0.25, 0.3) is 11.6 Å². The number of carbonyl (C=O) groups is 1. The number of rotatable bonds is 3. The predicted octanol–water partition coefficient (Wildman–Crippen LogP) is -1.88. The number of hydrogen-bond acceptors (Lipinski definition) is 10. The predicted molar refractivity (Wildman–Crippen MR) is 51.3 cm³/mol. The first-order valence-electron chi connectivity index (χ1n) is 4.28. The van der Waals surface area contributed by atoms with Crippen molar-refractivity contribution < 1.29 is 43.4 Å². The summed E-state index contributed by atoms with van der Waals surface area (Å²) < 4.78 is 24.0. The zero-order valence-electron chi connectivity index (χ0n) is 8.34. The van der Waals surface area contributed by atoms with Crippen molar-refractivity contribution in [1.29, 1.82) is 0 Å². The van der Waals surface area contributed by atoms with E-state index in [9.17, 15) is 29.8 Å². The molecule has 9 nitrogen and oxygen atoms in total. The Morgan fingerprint density at radius 3 is 2.29 bits per heavy atom. The highest BCUT2D eigenvalue weighted by Gasteiger charge is 2.77. The monoisotopic (exact) mass is 288 g/mol. The fourth-order valence-electron chi connectivity index (χ4n) is 1.38. The Morgan fingerprint density at radius 2 is 1.82 bits per heavy atom. The summed E-state index contributed by atoms with van der Waals surface area (Å²) in [5.74, 6) is -7.56. The molecule has 4 N–H and O–H groups in total. The highest BCUT2D eigenvalue weighted by Crippen LogP contribution is 2.70. The summed E-state index contributed by atoms with van der Waals surface area (Å²) in [6, 6.07) is 0. The molecular weight excluding hydrogens is 279 g/mol. The summed E-state index contributed by atoms with van der Waals surface area (Å²) in [4.78, 5) is 11.5. The van der Waals surface area contributed by atoms with Crippen molar-refractivity contribution >= 4 is 25.4 Å². The minimum absolute atomic E-state index is 0.701. The summed E-state index contributed by atoms with van der Waals surface area (Å²) in [6.45, 7) is 0. The van der Waals surface area contributed by atoms with E-state index < -0.39 is 36.9 Å². The van der Waals surface area contributed by atoms with Crippen molar-refractivity contribution in [1.82, 2.24) is 0 Å². The third-order valence-corrected chi connectivity index (χ3v) is 4.43. The molecule has 2 bridgehead atoms. The molecular formula is C6H9O9PS. The Labute approximate surface area is 98.9 Å². The van der Waals surface area contributed by atoms with E-state index in [0.717, 1.165) is 0 Å². The van der Waals surface area contributed by atoms with Gasteiger partial charge in [-0.15, -0.1) is 11.8 Å². The summed E-state index contributed by atoms with van der Waals surface area (Å²) in [5, 5.41) is 37.9. The van der Waals surface area contributed by atoms with Crippen LogP contribution in [0.5, 0.6) is 0 Å². The maximum absolute atomic E-state index is 11.5. The second-order valence-corrected chi connectivity index (χ2v) is 5.80. The summed E-state index contributed by atoms with van der Waals surface area (Å²) in [7, 11) is -4.27. The van der Waals surface area contributed by atoms with Crippen LogP contribution in [-0.2, 0) is 22.9 Å². The molecule has 0 aromatic heterocycles. The zero-order chi connectivity index (χ0) is 13.1. The van der Waals surface area contributed by atoms with Gasteiger partial charge in [-0.3, -0.25) is 4.79 Å². The van der Waals surface area contributed by atoms with E-state index in [4.69, 9.17) is 0 Å². The molecule has 98 valence electrons. The molecule has 0 aliphatic carbocycles. The van der Waals surface area contributed by atoms with Gasteiger partial charge < -0.3 is 20.4 Å². The van der Waals surface area contributed by atoms with Crippen molar-refractivity contribution in [3.05, 3.63) is 0 Å². The number of phosphoric acid groups is 1. The average molecular weight is 288 g/mol. The van der Waals surface area contributed by atoms with Crippen LogP contribution in [0.2, 0.25) is 0 Å². The summed E-state index contributed by atoms with van der Waals surface area (Å²) in [6.07, 6.45) is -0.743. The minimum Gasteiger partial charge on any atom is -0.383 e. The molecule has 0 amide bonds. The highest BCUT2D eigenvalue weighted by atomic mass is 32.2. The average Bonchev–Trinajstić information content (AvgIpc) is 2.21.